The second-order valence-electron chi connectivity index (χ2n) is 5.91. The van der Waals surface area contributed by atoms with E-state index in [1.54, 1.807) is 0 Å². The van der Waals surface area contributed by atoms with Crippen LogP contribution in [0.5, 0.6) is 0 Å². The summed E-state index contributed by atoms with van der Waals surface area (Å²) in [6.45, 7) is -0.529. The van der Waals surface area contributed by atoms with Gasteiger partial charge in [-0.05, 0) is 12.8 Å². The molecule has 1 aliphatic heterocycles. The first kappa shape index (κ1) is 15.5. The van der Waals surface area contributed by atoms with E-state index in [1.807, 2.05) is 0 Å². The third kappa shape index (κ3) is 2.90. The van der Waals surface area contributed by atoms with Gasteiger partial charge < -0.3 is 10.0 Å². The van der Waals surface area contributed by atoms with Crippen LogP contribution in [0.15, 0.2) is 0 Å². The molecule has 1 aliphatic carbocycles. The molecule has 0 radical (unpaired) electrons. The molecule has 1 saturated carbocycles. The lowest BCUT2D eigenvalue weighted by molar-refractivity contribution is -0.187. The number of halogens is 3. The summed E-state index contributed by atoms with van der Waals surface area (Å²) in [5.41, 5.74) is 0. The summed E-state index contributed by atoms with van der Waals surface area (Å²) in [5.74, 6) is -3.73. The van der Waals surface area contributed by atoms with Crippen molar-refractivity contribution in [3.8, 4) is 0 Å². The molecule has 1 aromatic rings. The van der Waals surface area contributed by atoms with Crippen LogP contribution in [0.2, 0.25) is 0 Å². The van der Waals surface area contributed by atoms with Crippen molar-refractivity contribution in [1.82, 2.24) is 9.36 Å². The SMILES string of the molecule is O=C(O)[C@@H]1CN(c2nc(C3CCCC3)ns2)C[C@H]1C(F)(F)F. The molecule has 0 spiro atoms. The van der Waals surface area contributed by atoms with Crippen molar-refractivity contribution in [3.05, 3.63) is 5.82 Å². The molecule has 5 nitrogen and oxygen atoms in total. The molecular weight excluding hydrogens is 319 g/mol. The summed E-state index contributed by atoms with van der Waals surface area (Å²) in [5, 5.41) is 9.43. The highest BCUT2D eigenvalue weighted by atomic mass is 32.1. The smallest absolute Gasteiger partial charge is 0.394 e. The summed E-state index contributed by atoms with van der Waals surface area (Å²) < 4.78 is 43.2. The van der Waals surface area contributed by atoms with E-state index in [1.165, 1.54) is 4.90 Å². The summed E-state index contributed by atoms with van der Waals surface area (Å²) in [6, 6.07) is 0. The third-order valence-corrected chi connectivity index (χ3v) is 5.27. The Kier molecular flexibility index (Phi) is 4.00. The van der Waals surface area contributed by atoms with Crippen LogP contribution in [-0.4, -0.2) is 39.7 Å². The van der Waals surface area contributed by atoms with Gasteiger partial charge in [0, 0.05) is 30.5 Å². The molecule has 1 N–H and O–H groups in total. The Bertz CT molecular complexity index is 557. The summed E-state index contributed by atoms with van der Waals surface area (Å²) in [4.78, 5) is 16.9. The van der Waals surface area contributed by atoms with E-state index in [-0.39, 0.29) is 13.1 Å². The lowest BCUT2D eigenvalue weighted by Gasteiger charge is -2.17. The molecule has 1 aromatic heterocycles. The standard InChI is InChI=1S/C13H16F3N3O2S/c14-13(15,16)9-6-19(5-8(9)11(20)21)12-17-10(18-22-12)7-3-1-2-4-7/h7-9H,1-6H2,(H,20,21)/t8-,9-/m1/s1. The van der Waals surface area contributed by atoms with Crippen molar-refractivity contribution in [2.45, 2.75) is 37.8 Å². The number of rotatable bonds is 3. The van der Waals surface area contributed by atoms with E-state index in [0.717, 1.165) is 37.2 Å². The van der Waals surface area contributed by atoms with E-state index in [9.17, 15) is 18.0 Å². The predicted octanol–water partition coefficient (Wildman–Crippen LogP) is 2.90. The summed E-state index contributed by atoms with van der Waals surface area (Å²) in [6.07, 6.45) is -0.241. The molecule has 0 aromatic carbocycles. The second-order valence-corrected chi connectivity index (χ2v) is 6.64. The number of nitrogens with zero attached hydrogens (tertiary/aromatic N) is 3. The van der Waals surface area contributed by atoms with Crippen LogP contribution in [0, 0.1) is 11.8 Å². The van der Waals surface area contributed by atoms with Crippen molar-refractivity contribution in [2.24, 2.45) is 11.8 Å². The molecule has 9 heteroatoms. The highest BCUT2D eigenvalue weighted by molar-refractivity contribution is 7.09. The van der Waals surface area contributed by atoms with Crippen LogP contribution < -0.4 is 4.90 Å². The average molecular weight is 335 g/mol. The normalized spacial score (nSPS) is 26.8. The van der Waals surface area contributed by atoms with Crippen molar-refractivity contribution in [2.75, 3.05) is 18.0 Å². The average Bonchev–Trinajstić information content (AvgIpc) is 3.17. The number of carboxylic acids is 1. The Morgan fingerprint density at radius 1 is 1.27 bits per heavy atom. The quantitative estimate of drug-likeness (QED) is 0.920. The Morgan fingerprint density at radius 3 is 2.50 bits per heavy atom. The van der Waals surface area contributed by atoms with Crippen molar-refractivity contribution < 1.29 is 23.1 Å². The van der Waals surface area contributed by atoms with Crippen molar-refractivity contribution in [3.63, 3.8) is 0 Å². The van der Waals surface area contributed by atoms with Gasteiger partial charge in [0.05, 0.1) is 11.8 Å². The molecule has 2 fully saturated rings. The largest absolute Gasteiger partial charge is 0.481 e. The topological polar surface area (TPSA) is 66.3 Å². The zero-order valence-electron chi connectivity index (χ0n) is 11.7. The maximum atomic E-state index is 13.0. The number of hydrogen-bond donors (Lipinski definition) is 1. The number of aromatic nitrogens is 2. The van der Waals surface area contributed by atoms with Gasteiger partial charge in [0.2, 0.25) is 5.13 Å². The molecule has 0 unspecified atom stereocenters. The van der Waals surface area contributed by atoms with Crippen molar-refractivity contribution >= 4 is 22.6 Å². The monoisotopic (exact) mass is 335 g/mol. The van der Waals surface area contributed by atoms with E-state index < -0.39 is 24.0 Å². The lowest BCUT2D eigenvalue weighted by atomic mass is 9.96. The van der Waals surface area contributed by atoms with Crippen LogP contribution in [-0.2, 0) is 4.79 Å². The third-order valence-electron chi connectivity index (χ3n) is 4.48. The van der Waals surface area contributed by atoms with Gasteiger partial charge in [-0.2, -0.15) is 17.5 Å². The molecule has 2 aliphatic rings. The highest BCUT2D eigenvalue weighted by Gasteiger charge is 2.53. The van der Waals surface area contributed by atoms with E-state index in [0.29, 0.717) is 16.9 Å². The van der Waals surface area contributed by atoms with Gasteiger partial charge in [-0.1, -0.05) is 12.8 Å². The molecule has 1 saturated heterocycles. The highest BCUT2D eigenvalue weighted by Crippen LogP contribution is 2.40. The maximum Gasteiger partial charge on any atom is 0.394 e. The number of hydrogen-bond acceptors (Lipinski definition) is 5. The van der Waals surface area contributed by atoms with Crippen molar-refractivity contribution in [1.29, 1.82) is 0 Å². The summed E-state index contributed by atoms with van der Waals surface area (Å²) >= 11 is 1.06. The lowest BCUT2D eigenvalue weighted by Crippen LogP contribution is -2.33. The van der Waals surface area contributed by atoms with Crippen LogP contribution in [0.1, 0.15) is 37.4 Å². The summed E-state index contributed by atoms with van der Waals surface area (Å²) in [7, 11) is 0. The second kappa shape index (κ2) is 5.68. The number of anilines is 1. The first-order valence-corrected chi connectivity index (χ1v) is 8.01. The molecule has 3 rings (SSSR count). The maximum absolute atomic E-state index is 13.0. The minimum Gasteiger partial charge on any atom is -0.481 e. The van der Waals surface area contributed by atoms with E-state index >= 15 is 0 Å². The molecule has 2 heterocycles. The first-order chi connectivity index (χ1) is 10.4. The molecule has 0 amide bonds. The van der Waals surface area contributed by atoms with Gasteiger partial charge in [-0.15, -0.1) is 0 Å². The van der Waals surface area contributed by atoms with Gasteiger partial charge in [0.15, 0.2) is 0 Å². The van der Waals surface area contributed by atoms with Crippen LogP contribution in [0.3, 0.4) is 0 Å². The first-order valence-electron chi connectivity index (χ1n) is 7.24. The number of aliphatic carboxylic acids is 1. The number of carbonyl (C=O) groups is 1. The minimum atomic E-state index is -4.52. The minimum absolute atomic E-state index is 0.168. The Hall–Kier alpha value is -1.38. The number of alkyl halides is 3. The Morgan fingerprint density at radius 2 is 1.95 bits per heavy atom. The molecule has 22 heavy (non-hydrogen) atoms. The fourth-order valence-electron chi connectivity index (χ4n) is 3.25. The molecule has 0 bridgehead atoms. The number of carboxylic acid groups (broad SMARTS) is 1. The van der Waals surface area contributed by atoms with Gasteiger partial charge in [-0.25, -0.2) is 4.98 Å². The van der Waals surface area contributed by atoms with Crippen LogP contribution in [0.4, 0.5) is 18.3 Å². The van der Waals surface area contributed by atoms with Gasteiger partial charge in [-0.3, -0.25) is 4.79 Å². The zero-order valence-corrected chi connectivity index (χ0v) is 12.5. The Balaban J connectivity index is 1.76. The fourth-order valence-corrected chi connectivity index (χ4v) is 4.01. The fraction of sp³-hybridized carbons (Fsp3) is 0.769. The van der Waals surface area contributed by atoms with Gasteiger partial charge in [0.25, 0.3) is 0 Å². The molecule has 122 valence electrons. The van der Waals surface area contributed by atoms with Gasteiger partial charge in [0.1, 0.15) is 5.82 Å². The zero-order chi connectivity index (χ0) is 15.9. The van der Waals surface area contributed by atoms with Crippen LogP contribution >= 0.6 is 11.5 Å². The van der Waals surface area contributed by atoms with Gasteiger partial charge >= 0.3 is 12.1 Å². The van der Waals surface area contributed by atoms with E-state index in [2.05, 4.69) is 9.36 Å². The molecule has 2 atom stereocenters. The van der Waals surface area contributed by atoms with E-state index in [4.69, 9.17) is 5.11 Å². The van der Waals surface area contributed by atoms with Crippen LogP contribution in [0.25, 0.3) is 0 Å². The Labute approximate surface area is 129 Å². The predicted molar refractivity (Wildman–Crippen MR) is 74.0 cm³/mol. The molecular formula is C13H16F3N3O2S.